The highest BCUT2D eigenvalue weighted by Crippen LogP contribution is 2.29. The Morgan fingerprint density at radius 1 is 1.15 bits per heavy atom. The van der Waals surface area contributed by atoms with E-state index in [1.807, 2.05) is 36.5 Å². The molecule has 0 aliphatic carbocycles. The molecule has 0 aliphatic rings. The average Bonchev–Trinajstić information content (AvgIpc) is 3.25. The first-order valence-electron chi connectivity index (χ1n) is 8.60. The fourth-order valence-corrected chi connectivity index (χ4v) is 4.98. The van der Waals surface area contributed by atoms with Gasteiger partial charge in [-0.05, 0) is 30.2 Å². The van der Waals surface area contributed by atoms with Crippen molar-refractivity contribution in [1.29, 1.82) is 0 Å². The van der Waals surface area contributed by atoms with Crippen molar-refractivity contribution in [1.82, 2.24) is 15.3 Å². The van der Waals surface area contributed by atoms with E-state index < -0.39 is 0 Å². The van der Waals surface area contributed by atoms with Crippen LogP contribution in [0, 0.1) is 0 Å². The molecule has 26 heavy (non-hydrogen) atoms. The second-order valence-corrected chi connectivity index (χ2v) is 8.38. The summed E-state index contributed by atoms with van der Waals surface area (Å²) >= 11 is 3.33. The van der Waals surface area contributed by atoms with E-state index in [2.05, 4.69) is 33.5 Å². The van der Waals surface area contributed by atoms with Crippen LogP contribution in [0.5, 0.6) is 0 Å². The van der Waals surface area contributed by atoms with Crippen LogP contribution >= 0.6 is 23.1 Å². The first-order valence-corrected chi connectivity index (χ1v) is 10.4. The summed E-state index contributed by atoms with van der Waals surface area (Å²) < 4.78 is 2.22. The molecule has 0 atom stereocenters. The molecule has 0 unspecified atom stereocenters. The predicted octanol–water partition coefficient (Wildman–Crippen LogP) is 4.62. The summed E-state index contributed by atoms with van der Waals surface area (Å²) in [6.07, 6.45) is 3.37. The number of thioether (sulfide) groups is 1. The van der Waals surface area contributed by atoms with Gasteiger partial charge in [0.25, 0.3) is 0 Å². The highest BCUT2D eigenvalue weighted by molar-refractivity contribution is 8.01. The summed E-state index contributed by atoms with van der Waals surface area (Å²) in [6, 6.07) is 16.4. The van der Waals surface area contributed by atoms with Crippen LogP contribution in [0.1, 0.15) is 12.0 Å². The van der Waals surface area contributed by atoms with E-state index in [1.54, 1.807) is 23.1 Å². The molecule has 0 saturated carbocycles. The number of carbonyl (C=O) groups excluding carboxylic acids is 1. The predicted molar refractivity (Wildman–Crippen MR) is 110 cm³/mol. The van der Waals surface area contributed by atoms with Crippen molar-refractivity contribution in [3.05, 3.63) is 60.3 Å². The fraction of sp³-hybridized carbons (Fsp3) is 0.200. The van der Waals surface area contributed by atoms with Crippen LogP contribution in [-0.4, -0.2) is 28.2 Å². The average molecular weight is 382 g/mol. The Morgan fingerprint density at radius 3 is 2.92 bits per heavy atom. The first kappa shape index (κ1) is 17.1. The number of amides is 1. The minimum Gasteiger partial charge on any atom is -0.361 e. The van der Waals surface area contributed by atoms with E-state index in [0.717, 1.165) is 27.5 Å². The summed E-state index contributed by atoms with van der Waals surface area (Å²) in [7, 11) is 0. The third kappa shape index (κ3) is 3.92. The van der Waals surface area contributed by atoms with E-state index in [4.69, 9.17) is 0 Å². The summed E-state index contributed by atoms with van der Waals surface area (Å²) in [5.41, 5.74) is 3.41. The van der Waals surface area contributed by atoms with Crippen LogP contribution < -0.4 is 5.32 Å². The number of benzene rings is 2. The highest BCUT2D eigenvalue weighted by Gasteiger charge is 2.07. The third-order valence-corrected chi connectivity index (χ3v) is 6.40. The molecule has 2 aromatic heterocycles. The van der Waals surface area contributed by atoms with Gasteiger partial charge in [-0.2, -0.15) is 0 Å². The largest absolute Gasteiger partial charge is 0.361 e. The molecule has 132 valence electrons. The summed E-state index contributed by atoms with van der Waals surface area (Å²) in [5.74, 6) is 0.845. The van der Waals surface area contributed by atoms with Crippen molar-refractivity contribution >= 4 is 50.1 Å². The van der Waals surface area contributed by atoms with E-state index in [1.165, 1.54) is 15.6 Å². The number of carbonyl (C=O) groups is 1. The zero-order chi connectivity index (χ0) is 17.8. The second-order valence-electron chi connectivity index (χ2n) is 6.01. The Balaban J connectivity index is 1.21. The van der Waals surface area contributed by atoms with Gasteiger partial charge < -0.3 is 10.3 Å². The Morgan fingerprint density at radius 2 is 2.00 bits per heavy atom. The van der Waals surface area contributed by atoms with Crippen LogP contribution in [0.4, 0.5) is 0 Å². The number of hydrogen-bond donors (Lipinski definition) is 2. The molecule has 2 heterocycles. The number of thiazole rings is 1. The number of H-pyrrole nitrogens is 1. The molecule has 0 spiro atoms. The minimum absolute atomic E-state index is 0.0958. The van der Waals surface area contributed by atoms with Gasteiger partial charge in [0.2, 0.25) is 5.91 Å². The summed E-state index contributed by atoms with van der Waals surface area (Å²) in [5, 5.41) is 4.25. The maximum absolute atomic E-state index is 12.0. The molecule has 0 saturated heterocycles. The molecular weight excluding hydrogens is 362 g/mol. The van der Waals surface area contributed by atoms with Crippen molar-refractivity contribution in [3.8, 4) is 0 Å². The minimum atomic E-state index is 0.0958. The number of aromatic nitrogens is 2. The van der Waals surface area contributed by atoms with Gasteiger partial charge in [0.05, 0.1) is 10.2 Å². The Bertz CT molecular complexity index is 1000. The normalized spacial score (nSPS) is 11.2. The Hall–Kier alpha value is -2.31. The number of fused-ring (bicyclic) bond motifs is 2. The van der Waals surface area contributed by atoms with Crippen LogP contribution in [0.2, 0.25) is 0 Å². The number of aromatic amines is 1. The number of nitrogens with zero attached hydrogens (tertiary/aromatic N) is 1. The topological polar surface area (TPSA) is 57.8 Å². The molecule has 6 heteroatoms. The van der Waals surface area contributed by atoms with Crippen molar-refractivity contribution < 1.29 is 4.79 Å². The van der Waals surface area contributed by atoms with Gasteiger partial charge in [-0.3, -0.25) is 4.79 Å². The van der Waals surface area contributed by atoms with Crippen LogP contribution in [0.15, 0.2) is 59.1 Å². The molecule has 4 aromatic rings. The molecule has 0 aliphatic heterocycles. The number of nitrogens with one attached hydrogen (secondary N) is 2. The molecule has 2 aromatic carbocycles. The zero-order valence-corrected chi connectivity index (χ0v) is 15.8. The maximum Gasteiger partial charge on any atom is 0.220 e. The third-order valence-electron chi connectivity index (χ3n) is 4.22. The standard InChI is InChI=1S/C20H19N3OS2/c24-19(10-12-25-20-23-17-7-3-4-8-18(17)26-20)21-11-9-14-13-22-16-6-2-1-5-15(14)16/h1-8,13,22H,9-12H2,(H,21,24). The van der Waals surface area contributed by atoms with E-state index in [-0.39, 0.29) is 5.91 Å². The van der Waals surface area contributed by atoms with Crippen molar-refractivity contribution in [2.75, 3.05) is 12.3 Å². The molecule has 2 N–H and O–H groups in total. The Labute approximate surface area is 160 Å². The quantitative estimate of drug-likeness (QED) is 0.459. The zero-order valence-electron chi connectivity index (χ0n) is 14.2. The fourth-order valence-electron chi connectivity index (χ4n) is 2.91. The van der Waals surface area contributed by atoms with Crippen molar-refractivity contribution in [2.45, 2.75) is 17.2 Å². The van der Waals surface area contributed by atoms with Crippen molar-refractivity contribution in [2.24, 2.45) is 0 Å². The smallest absolute Gasteiger partial charge is 0.220 e. The van der Waals surface area contributed by atoms with Gasteiger partial charge in [0.15, 0.2) is 4.34 Å². The van der Waals surface area contributed by atoms with Crippen molar-refractivity contribution in [3.63, 3.8) is 0 Å². The number of para-hydroxylation sites is 2. The lowest BCUT2D eigenvalue weighted by atomic mass is 10.1. The lowest BCUT2D eigenvalue weighted by Crippen LogP contribution is -2.25. The SMILES string of the molecule is O=C(CCSc1nc2ccccc2s1)NCCc1c[nH]c2ccccc12. The van der Waals surface area contributed by atoms with Crippen LogP contribution in [0.3, 0.4) is 0 Å². The lowest BCUT2D eigenvalue weighted by molar-refractivity contribution is -0.120. The van der Waals surface area contributed by atoms with Gasteiger partial charge >= 0.3 is 0 Å². The monoisotopic (exact) mass is 381 g/mol. The first-order chi connectivity index (χ1) is 12.8. The molecule has 0 fully saturated rings. The summed E-state index contributed by atoms with van der Waals surface area (Å²) in [6.45, 7) is 0.659. The van der Waals surface area contributed by atoms with Gasteiger partial charge in [-0.25, -0.2) is 4.98 Å². The van der Waals surface area contributed by atoms with Gasteiger partial charge in [0, 0.05) is 35.8 Å². The highest BCUT2D eigenvalue weighted by atomic mass is 32.2. The van der Waals surface area contributed by atoms with Gasteiger partial charge in [-0.1, -0.05) is 42.1 Å². The second kappa shape index (κ2) is 7.93. The number of hydrogen-bond acceptors (Lipinski definition) is 4. The Kier molecular flexibility index (Phi) is 5.22. The van der Waals surface area contributed by atoms with E-state index >= 15 is 0 Å². The van der Waals surface area contributed by atoms with Crippen LogP contribution in [-0.2, 0) is 11.2 Å². The van der Waals surface area contributed by atoms with E-state index in [0.29, 0.717) is 13.0 Å². The molecule has 0 bridgehead atoms. The lowest BCUT2D eigenvalue weighted by Gasteiger charge is -2.04. The molecule has 4 rings (SSSR count). The molecule has 4 nitrogen and oxygen atoms in total. The summed E-state index contributed by atoms with van der Waals surface area (Å²) in [4.78, 5) is 19.9. The van der Waals surface area contributed by atoms with E-state index in [9.17, 15) is 4.79 Å². The van der Waals surface area contributed by atoms with Gasteiger partial charge in [-0.15, -0.1) is 11.3 Å². The molecule has 0 radical (unpaired) electrons. The van der Waals surface area contributed by atoms with Gasteiger partial charge in [0.1, 0.15) is 0 Å². The molecule has 1 amide bonds. The number of rotatable bonds is 7. The maximum atomic E-state index is 12.0. The molecular formula is C20H19N3OS2. The van der Waals surface area contributed by atoms with Crippen LogP contribution in [0.25, 0.3) is 21.1 Å².